The van der Waals surface area contributed by atoms with Crippen molar-refractivity contribution in [2.45, 2.75) is 19.5 Å². The Labute approximate surface area is 154 Å². The topological polar surface area (TPSA) is 28.5 Å². The Bertz CT molecular complexity index is 959. The number of hydrogen-bond donors (Lipinski definition) is 0. The van der Waals surface area contributed by atoms with E-state index in [1.807, 2.05) is 43.3 Å². The SMILES string of the molecule is CCc1ccccc1-n1ccc([C@H]2N(C)C(=O)c3ccccc3N2C)c1. The molecule has 1 aromatic heterocycles. The molecule has 4 rings (SSSR count). The van der Waals surface area contributed by atoms with Crippen LogP contribution in [0.5, 0.6) is 0 Å². The fraction of sp³-hybridized carbons (Fsp3) is 0.227. The van der Waals surface area contributed by atoms with Crippen molar-refractivity contribution < 1.29 is 4.79 Å². The summed E-state index contributed by atoms with van der Waals surface area (Å²) < 4.78 is 2.15. The predicted molar refractivity (Wildman–Crippen MR) is 105 cm³/mol. The molecule has 132 valence electrons. The molecule has 2 aromatic carbocycles. The summed E-state index contributed by atoms with van der Waals surface area (Å²) >= 11 is 0. The number of carbonyl (C=O) groups is 1. The summed E-state index contributed by atoms with van der Waals surface area (Å²) in [5, 5.41) is 0. The van der Waals surface area contributed by atoms with Gasteiger partial charge in [-0.15, -0.1) is 0 Å². The molecular formula is C22H23N3O. The number of rotatable bonds is 3. The highest BCUT2D eigenvalue weighted by Crippen LogP contribution is 2.37. The van der Waals surface area contributed by atoms with Gasteiger partial charge in [0.05, 0.1) is 11.3 Å². The second-order valence-corrected chi connectivity index (χ2v) is 6.75. The number of anilines is 1. The molecule has 0 fully saturated rings. The van der Waals surface area contributed by atoms with Gasteiger partial charge in [0.25, 0.3) is 5.91 Å². The zero-order chi connectivity index (χ0) is 18.3. The van der Waals surface area contributed by atoms with Gasteiger partial charge in [0, 0.05) is 37.7 Å². The van der Waals surface area contributed by atoms with Gasteiger partial charge in [0.15, 0.2) is 0 Å². The van der Waals surface area contributed by atoms with Crippen molar-refractivity contribution in [3.63, 3.8) is 0 Å². The van der Waals surface area contributed by atoms with Gasteiger partial charge < -0.3 is 14.4 Å². The molecule has 1 amide bonds. The van der Waals surface area contributed by atoms with E-state index in [2.05, 4.69) is 59.1 Å². The molecule has 2 heterocycles. The average molecular weight is 345 g/mol. The average Bonchev–Trinajstić information content (AvgIpc) is 3.16. The van der Waals surface area contributed by atoms with Crippen LogP contribution in [0.4, 0.5) is 5.69 Å². The van der Waals surface area contributed by atoms with Crippen LogP contribution in [-0.4, -0.2) is 29.5 Å². The van der Waals surface area contributed by atoms with Gasteiger partial charge in [-0.05, 0) is 36.2 Å². The molecule has 0 spiro atoms. The van der Waals surface area contributed by atoms with Crippen molar-refractivity contribution >= 4 is 11.6 Å². The molecule has 0 unspecified atom stereocenters. The van der Waals surface area contributed by atoms with E-state index in [0.29, 0.717) is 0 Å². The molecule has 0 aliphatic carbocycles. The Morgan fingerprint density at radius 1 is 0.885 bits per heavy atom. The first-order valence-corrected chi connectivity index (χ1v) is 8.97. The largest absolute Gasteiger partial charge is 0.350 e. The lowest BCUT2D eigenvalue weighted by Gasteiger charge is -2.41. The van der Waals surface area contributed by atoms with Gasteiger partial charge in [-0.3, -0.25) is 4.79 Å². The molecule has 0 saturated carbocycles. The molecule has 4 nitrogen and oxygen atoms in total. The molecule has 1 aliphatic rings. The maximum atomic E-state index is 12.8. The third kappa shape index (κ3) is 2.49. The molecule has 0 N–H and O–H groups in total. The Morgan fingerprint density at radius 2 is 1.58 bits per heavy atom. The number of aryl methyl sites for hydroxylation is 1. The lowest BCUT2D eigenvalue weighted by molar-refractivity contribution is 0.0711. The normalized spacial score (nSPS) is 16.7. The molecule has 3 aromatic rings. The van der Waals surface area contributed by atoms with Crippen molar-refractivity contribution in [2.75, 3.05) is 19.0 Å². The highest BCUT2D eigenvalue weighted by atomic mass is 16.2. The van der Waals surface area contributed by atoms with Crippen LogP contribution in [0.15, 0.2) is 67.0 Å². The summed E-state index contributed by atoms with van der Waals surface area (Å²) in [6, 6.07) is 18.3. The van der Waals surface area contributed by atoms with Crippen molar-refractivity contribution in [1.82, 2.24) is 9.47 Å². The zero-order valence-corrected chi connectivity index (χ0v) is 15.4. The Balaban J connectivity index is 1.75. The highest BCUT2D eigenvalue weighted by Gasteiger charge is 2.34. The minimum absolute atomic E-state index is 0.0606. The lowest BCUT2D eigenvalue weighted by Crippen LogP contribution is -2.45. The van der Waals surface area contributed by atoms with E-state index in [-0.39, 0.29) is 12.1 Å². The Hall–Kier alpha value is -3.01. The smallest absolute Gasteiger partial charge is 0.257 e. The first-order chi connectivity index (χ1) is 12.6. The fourth-order valence-corrected chi connectivity index (χ4v) is 3.88. The van der Waals surface area contributed by atoms with Crippen LogP contribution in [0, 0.1) is 0 Å². The number of hydrogen-bond acceptors (Lipinski definition) is 2. The third-order valence-electron chi connectivity index (χ3n) is 5.23. The molecule has 0 saturated heterocycles. The number of aromatic nitrogens is 1. The van der Waals surface area contributed by atoms with Gasteiger partial charge in [-0.25, -0.2) is 0 Å². The molecule has 0 bridgehead atoms. The quantitative estimate of drug-likeness (QED) is 0.709. The minimum Gasteiger partial charge on any atom is -0.350 e. The van der Waals surface area contributed by atoms with Crippen molar-refractivity contribution in [1.29, 1.82) is 0 Å². The number of nitrogens with zero attached hydrogens (tertiary/aromatic N) is 3. The third-order valence-corrected chi connectivity index (χ3v) is 5.23. The molecule has 1 atom stereocenters. The first kappa shape index (κ1) is 16.5. The molecular weight excluding hydrogens is 322 g/mol. The monoisotopic (exact) mass is 345 g/mol. The number of fused-ring (bicyclic) bond motifs is 1. The van der Waals surface area contributed by atoms with Crippen molar-refractivity contribution in [2.24, 2.45) is 0 Å². The summed E-state index contributed by atoms with van der Waals surface area (Å²) in [7, 11) is 3.92. The van der Waals surface area contributed by atoms with Gasteiger partial charge in [0.1, 0.15) is 6.17 Å². The Morgan fingerprint density at radius 3 is 2.35 bits per heavy atom. The van der Waals surface area contributed by atoms with Crippen molar-refractivity contribution in [3.05, 3.63) is 83.7 Å². The van der Waals surface area contributed by atoms with E-state index >= 15 is 0 Å². The molecule has 26 heavy (non-hydrogen) atoms. The fourth-order valence-electron chi connectivity index (χ4n) is 3.88. The van der Waals surface area contributed by atoms with Crippen LogP contribution >= 0.6 is 0 Å². The van der Waals surface area contributed by atoms with Crippen LogP contribution < -0.4 is 4.90 Å². The van der Waals surface area contributed by atoms with Gasteiger partial charge in [0.2, 0.25) is 0 Å². The van der Waals surface area contributed by atoms with Crippen LogP contribution in [0.2, 0.25) is 0 Å². The second-order valence-electron chi connectivity index (χ2n) is 6.75. The maximum absolute atomic E-state index is 12.8. The standard InChI is InChI=1S/C22H23N3O/c1-4-16-9-5-7-11-19(16)25-14-13-17(15-25)21-23(2)20-12-8-6-10-18(20)22(26)24(21)3/h5-15,21H,4H2,1-3H3/t21-/m1/s1. The van der Waals surface area contributed by atoms with E-state index in [9.17, 15) is 4.79 Å². The lowest BCUT2D eigenvalue weighted by atomic mass is 10.0. The summed E-state index contributed by atoms with van der Waals surface area (Å²) in [4.78, 5) is 16.8. The van der Waals surface area contributed by atoms with Crippen LogP contribution in [0.3, 0.4) is 0 Å². The summed E-state index contributed by atoms with van der Waals surface area (Å²) in [6.45, 7) is 2.17. The van der Waals surface area contributed by atoms with E-state index in [0.717, 1.165) is 23.2 Å². The zero-order valence-electron chi connectivity index (χ0n) is 15.4. The van der Waals surface area contributed by atoms with Crippen LogP contribution in [0.25, 0.3) is 5.69 Å². The van der Waals surface area contributed by atoms with Gasteiger partial charge >= 0.3 is 0 Å². The van der Waals surface area contributed by atoms with E-state index in [1.54, 1.807) is 0 Å². The molecule has 1 aliphatic heterocycles. The summed E-state index contributed by atoms with van der Waals surface area (Å²) in [5.74, 6) is 0.0606. The minimum atomic E-state index is -0.118. The van der Waals surface area contributed by atoms with E-state index in [4.69, 9.17) is 0 Å². The summed E-state index contributed by atoms with van der Waals surface area (Å²) in [6.07, 6.45) is 5.08. The number of benzene rings is 2. The van der Waals surface area contributed by atoms with Crippen LogP contribution in [0.1, 0.15) is 34.6 Å². The number of carbonyl (C=O) groups excluding carboxylic acids is 1. The van der Waals surface area contributed by atoms with Crippen molar-refractivity contribution in [3.8, 4) is 5.69 Å². The van der Waals surface area contributed by atoms with Crippen LogP contribution in [-0.2, 0) is 6.42 Å². The number of amides is 1. The maximum Gasteiger partial charge on any atom is 0.257 e. The van der Waals surface area contributed by atoms with E-state index in [1.165, 1.54) is 11.3 Å². The van der Waals surface area contributed by atoms with Gasteiger partial charge in [-0.2, -0.15) is 0 Å². The predicted octanol–water partition coefficient (Wildman–Crippen LogP) is 4.26. The molecule has 4 heteroatoms. The highest BCUT2D eigenvalue weighted by molar-refractivity contribution is 6.01. The number of para-hydroxylation sites is 2. The molecule has 0 radical (unpaired) electrons. The summed E-state index contributed by atoms with van der Waals surface area (Å²) in [5.41, 5.74) is 5.33. The Kier molecular flexibility index (Phi) is 4.03. The second kappa shape index (κ2) is 6.37. The first-order valence-electron chi connectivity index (χ1n) is 8.97. The van der Waals surface area contributed by atoms with E-state index < -0.39 is 0 Å². The van der Waals surface area contributed by atoms with Gasteiger partial charge in [-0.1, -0.05) is 37.3 Å².